The van der Waals surface area contributed by atoms with Gasteiger partial charge in [-0.05, 0) is 37.0 Å². The van der Waals surface area contributed by atoms with Crippen molar-refractivity contribution >= 4 is 16.0 Å². The number of aliphatic carboxylic acids is 1. The number of sulfonamides is 1. The number of piperidine rings is 1. The summed E-state index contributed by atoms with van der Waals surface area (Å²) < 4.78 is 26.4. The molecule has 1 aromatic carbocycles. The van der Waals surface area contributed by atoms with E-state index in [4.69, 9.17) is 5.11 Å². The fourth-order valence-electron chi connectivity index (χ4n) is 2.63. The molecule has 21 heavy (non-hydrogen) atoms. The average Bonchev–Trinajstić information content (AvgIpc) is 2.48. The fourth-order valence-corrected chi connectivity index (χ4v) is 4.15. The van der Waals surface area contributed by atoms with Gasteiger partial charge in [-0.25, -0.2) is 8.42 Å². The van der Waals surface area contributed by atoms with Crippen LogP contribution >= 0.6 is 0 Å². The van der Waals surface area contributed by atoms with E-state index in [1.807, 2.05) is 12.1 Å². The first-order valence-electron chi connectivity index (χ1n) is 7.27. The average molecular weight is 311 g/mol. The highest BCUT2D eigenvalue weighted by molar-refractivity contribution is 7.89. The number of benzene rings is 1. The van der Waals surface area contributed by atoms with Gasteiger partial charge in [0.15, 0.2) is 0 Å². The maximum Gasteiger partial charge on any atom is 0.307 e. The summed E-state index contributed by atoms with van der Waals surface area (Å²) in [6.07, 6.45) is 3.06. The molecule has 1 aliphatic rings. The molecule has 0 aliphatic carbocycles. The van der Waals surface area contributed by atoms with Crippen molar-refractivity contribution in [2.45, 2.75) is 37.5 Å². The monoisotopic (exact) mass is 311 g/mol. The number of aryl methyl sites for hydroxylation is 1. The van der Waals surface area contributed by atoms with Crippen LogP contribution in [0.15, 0.2) is 29.2 Å². The van der Waals surface area contributed by atoms with Crippen LogP contribution in [-0.2, 0) is 21.2 Å². The van der Waals surface area contributed by atoms with Gasteiger partial charge in [-0.3, -0.25) is 4.79 Å². The number of rotatable bonds is 5. The van der Waals surface area contributed by atoms with E-state index in [1.54, 1.807) is 12.1 Å². The molecule has 0 aromatic heterocycles. The molecule has 116 valence electrons. The SMILES string of the molecule is CCCc1ccc(S(=O)(=O)N2CCC[C@H](C(=O)O)C2)cc1. The van der Waals surface area contributed by atoms with Gasteiger partial charge in [0, 0.05) is 13.1 Å². The third-order valence-electron chi connectivity index (χ3n) is 3.83. The lowest BCUT2D eigenvalue weighted by Gasteiger charge is -2.29. The van der Waals surface area contributed by atoms with Gasteiger partial charge in [-0.1, -0.05) is 25.5 Å². The second-order valence-corrected chi connectivity index (χ2v) is 7.37. The normalized spacial score (nSPS) is 20.3. The van der Waals surface area contributed by atoms with E-state index in [0.29, 0.717) is 19.4 Å². The van der Waals surface area contributed by atoms with E-state index in [0.717, 1.165) is 18.4 Å². The van der Waals surface area contributed by atoms with E-state index in [1.165, 1.54) is 4.31 Å². The summed E-state index contributed by atoms with van der Waals surface area (Å²) in [7, 11) is -3.59. The fraction of sp³-hybridized carbons (Fsp3) is 0.533. The molecule has 1 saturated heterocycles. The maximum atomic E-state index is 12.6. The van der Waals surface area contributed by atoms with Crippen LogP contribution in [0.3, 0.4) is 0 Å². The van der Waals surface area contributed by atoms with Crippen molar-refractivity contribution in [2.75, 3.05) is 13.1 Å². The van der Waals surface area contributed by atoms with Crippen molar-refractivity contribution in [3.63, 3.8) is 0 Å². The zero-order valence-electron chi connectivity index (χ0n) is 12.2. The van der Waals surface area contributed by atoms with E-state index in [-0.39, 0.29) is 11.4 Å². The zero-order valence-corrected chi connectivity index (χ0v) is 13.0. The van der Waals surface area contributed by atoms with Gasteiger partial charge in [0.2, 0.25) is 10.0 Å². The summed E-state index contributed by atoms with van der Waals surface area (Å²) in [5.74, 6) is -1.53. The highest BCUT2D eigenvalue weighted by Gasteiger charge is 2.33. The minimum atomic E-state index is -3.59. The van der Waals surface area contributed by atoms with E-state index in [2.05, 4.69) is 6.92 Å². The molecule has 6 heteroatoms. The molecule has 0 radical (unpaired) electrons. The highest BCUT2D eigenvalue weighted by Crippen LogP contribution is 2.24. The Labute approximate surface area is 125 Å². The van der Waals surface area contributed by atoms with Crippen LogP contribution in [0.2, 0.25) is 0 Å². The van der Waals surface area contributed by atoms with Crippen molar-refractivity contribution in [1.82, 2.24) is 4.31 Å². The molecule has 1 aromatic rings. The van der Waals surface area contributed by atoms with Gasteiger partial charge in [-0.15, -0.1) is 0 Å². The smallest absolute Gasteiger partial charge is 0.307 e. The van der Waals surface area contributed by atoms with Gasteiger partial charge in [0.1, 0.15) is 0 Å². The molecule has 0 bridgehead atoms. The molecule has 0 saturated carbocycles. The van der Waals surface area contributed by atoms with E-state index < -0.39 is 21.9 Å². The predicted molar refractivity (Wildman–Crippen MR) is 79.6 cm³/mol. The first-order chi connectivity index (χ1) is 9.95. The van der Waals surface area contributed by atoms with Crippen molar-refractivity contribution in [2.24, 2.45) is 5.92 Å². The number of carboxylic acid groups (broad SMARTS) is 1. The van der Waals surface area contributed by atoms with Gasteiger partial charge in [0.05, 0.1) is 10.8 Å². The van der Waals surface area contributed by atoms with Crippen molar-refractivity contribution in [3.8, 4) is 0 Å². The summed E-state index contributed by atoms with van der Waals surface area (Å²) in [6.45, 7) is 2.53. The minimum absolute atomic E-state index is 0.0639. The van der Waals surface area contributed by atoms with Crippen LogP contribution in [0.5, 0.6) is 0 Å². The molecule has 1 N–H and O–H groups in total. The first-order valence-corrected chi connectivity index (χ1v) is 8.71. The van der Waals surface area contributed by atoms with Crippen LogP contribution in [-0.4, -0.2) is 36.9 Å². The lowest BCUT2D eigenvalue weighted by atomic mass is 10.0. The maximum absolute atomic E-state index is 12.6. The van der Waals surface area contributed by atoms with Crippen LogP contribution in [0.25, 0.3) is 0 Å². The summed E-state index contributed by atoms with van der Waals surface area (Å²) >= 11 is 0. The Morgan fingerprint density at radius 1 is 1.33 bits per heavy atom. The lowest BCUT2D eigenvalue weighted by molar-refractivity contribution is -0.142. The Hall–Kier alpha value is -1.40. The Morgan fingerprint density at radius 3 is 2.57 bits per heavy atom. The van der Waals surface area contributed by atoms with Crippen molar-refractivity contribution < 1.29 is 18.3 Å². The molecule has 2 rings (SSSR count). The van der Waals surface area contributed by atoms with Gasteiger partial charge < -0.3 is 5.11 Å². The minimum Gasteiger partial charge on any atom is -0.481 e. The summed E-state index contributed by atoms with van der Waals surface area (Å²) in [6, 6.07) is 6.89. The standard InChI is InChI=1S/C15H21NO4S/c1-2-4-12-6-8-14(9-7-12)21(19,20)16-10-3-5-13(11-16)15(17)18/h6-9,13H,2-5,10-11H2,1H3,(H,17,18)/t13-/m0/s1. The molecule has 0 amide bonds. The quantitative estimate of drug-likeness (QED) is 0.904. The van der Waals surface area contributed by atoms with Gasteiger partial charge >= 0.3 is 5.97 Å². The number of hydrogen-bond donors (Lipinski definition) is 1. The molecule has 1 atom stereocenters. The van der Waals surface area contributed by atoms with E-state index >= 15 is 0 Å². The molecule has 1 aliphatic heterocycles. The molecule has 0 spiro atoms. The van der Waals surface area contributed by atoms with Crippen LogP contribution in [0.4, 0.5) is 0 Å². The third kappa shape index (κ3) is 3.63. The lowest BCUT2D eigenvalue weighted by Crippen LogP contribution is -2.42. The summed E-state index contributed by atoms with van der Waals surface area (Å²) in [5, 5.41) is 9.07. The first kappa shape index (κ1) is 16.0. The molecule has 1 fully saturated rings. The largest absolute Gasteiger partial charge is 0.481 e. The number of carbonyl (C=O) groups is 1. The molecule has 5 nitrogen and oxygen atoms in total. The summed E-state index contributed by atoms with van der Waals surface area (Å²) in [4.78, 5) is 11.3. The topological polar surface area (TPSA) is 74.7 Å². The summed E-state index contributed by atoms with van der Waals surface area (Å²) in [5.41, 5.74) is 1.11. The zero-order chi connectivity index (χ0) is 15.5. The Morgan fingerprint density at radius 2 is 2.00 bits per heavy atom. The Kier molecular flexibility index (Phi) is 5.00. The molecular weight excluding hydrogens is 290 g/mol. The second kappa shape index (κ2) is 6.58. The van der Waals surface area contributed by atoms with Crippen LogP contribution < -0.4 is 0 Å². The highest BCUT2D eigenvalue weighted by atomic mass is 32.2. The van der Waals surface area contributed by atoms with Crippen molar-refractivity contribution in [1.29, 1.82) is 0 Å². The van der Waals surface area contributed by atoms with E-state index in [9.17, 15) is 13.2 Å². The van der Waals surface area contributed by atoms with Crippen LogP contribution in [0.1, 0.15) is 31.7 Å². The van der Waals surface area contributed by atoms with Crippen LogP contribution in [0, 0.1) is 5.92 Å². The number of hydrogen-bond acceptors (Lipinski definition) is 3. The third-order valence-corrected chi connectivity index (χ3v) is 5.71. The molecular formula is C15H21NO4S. The molecule has 0 unspecified atom stereocenters. The Balaban J connectivity index is 2.18. The second-order valence-electron chi connectivity index (χ2n) is 5.43. The number of nitrogens with zero attached hydrogens (tertiary/aromatic N) is 1. The van der Waals surface area contributed by atoms with Gasteiger partial charge in [-0.2, -0.15) is 4.31 Å². The number of carboxylic acids is 1. The Bertz CT molecular complexity index is 595. The predicted octanol–water partition coefficient (Wildman–Crippen LogP) is 2.12. The van der Waals surface area contributed by atoms with Gasteiger partial charge in [0.25, 0.3) is 0 Å². The molecule has 1 heterocycles. The van der Waals surface area contributed by atoms with Crippen molar-refractivity contribution in [3.05, 3.63) is 29.8 Å².